The van der Waals surface area contributed by atoms with Crippen LogP contribution in [-0.2, 0) is 15.0 Å². The molecule has 2 aliphatic rings. The second-order valence-corrected chi connectivity index (χ2v) is 6.28. The summed E-state index contributed by atoms with van der Waals surface area (Å²) in [5, 5.41) is 4.06. The van der Waals surface area contributed by atoms with Crippen molar-refractivity contribution >= 4 is 0 Å². The van der Waals surface area contributed by atoms with Crippen molar-refractivity contribution in [2.24, 2.45) is 5.73 Å². The summed E-state index contributed by atoms with van der Waals surface area (Å²) in [4.78, 5) is 4.46. The average molecular weight is 295 g/mol. The highest BCUT2D eigenvalue weighted by atomic mass is 16.6. The molecule has 2 heterocycles. The summed E-state index contributed by atoms with van der Waals surface area (Å²) in [6.07, 6.45) is 7.51. The Balaban J connectivity index is 1.55. The first-order chi connectivity index (χ1) is 10.2. The fourth-order valence-corrected chi connectivity index (χ4v) is 3.09. The molecule has 2 unspecified atom stereocenters. The number of nitrogens with zero attached hydrogens (tertiary/aromatic N) is 2. The largest absolute Gasteiger partial charge is 0.376 e. The van der Waals surface area contributed by atoms with Crippen molar-refractivity contribution in [3.05, 3.63) is 11.7 Å². The molecule has 21 heavy (non-hydrogen) atoms. The van der Waals surface area contributed by atoms with Crippen LogP contribution in [0.25, 0.3) is 0 Å². The van der Waals surface area contributed by atoms with Crippen LogP contribution in [0.1, 0.15) is 69.7 Å². The Morgan fingerprint density at radius 2 is 2.14 bits per heavy atom. The van der Waals surface area contributed by atoms with Gasteiger partial charge in [-0.1, -0.05) is 18.0 Å². The molecule has 1 aliphatic heterocycles. The summed E-state index contributed by atoms with van der Waals surface area (Å²) in [5.41, 5.74) is 5.93. The Kier molecular flexibility index (Phi) is 4.57. The summed E-state index contributed by atoms with van der Waals surface area (Å²) in [5.74, 6) is 1.14. The van der Waals surface area contributed by atoms with Gasteiger partial charge in [-0.3, -0.25) is 0 Å². The molecule has 3 rings (SSSR count). The fraction of sp³-hybridized carbons (Fsp3) is 0.867. The Morgan fingerprint density at radius 1 is 1.33 bits per heavy atom. The van der Waals surface area contributed by atoms with Crippen LogP contribution in [-0.4, -0.2) is 29.5 Å². The molecule has 1 aliphatic carbocycles. The number of hydrogen-bond donors (Lipinski definition) is 1. The van der Waals surface area contributed by atoms with Crippen LogP contribution in [0.3, 0.4) is 0 Å². The molecular weight excluding hydrogens is 270 g/mol. The van der Waals surface area contributed by atoms with E-state index in [1.807, 2.05) is 6.92 Å². The molecule has 6 heteroatoms. The van der Waals surface area contributed by atoms with Crippen LogP contribution in [0, 0.1) is 0 Å². The van der Waals surface area contributed by atoms with Crippen LogP contribution in [0.5, 0.6) is 0 Å². The van der Waals surface area contributed by atoms with Gasteiger partial charge in [0.15, 0.2) is 5.82 Å². The molecule has 0 amide bonds. The Bertz CT molecular complexity index is 451. The summed E-state index contributed by atoms with van der Waals surface area (Å²) in [7, 11) is 0. The van der Waals surface area contributed by atoms with E-state index in [4.69, 9.17) is 19.7 Å². The lowest BCUT2D eigenvalue weighted by molar-refractivity contribution is -0.0656. The molecule has 0 radical (unpaired) electrons. The van der Waals surface area contributed by atoms with Crippen LogP contribution in [0.4, 0.5) is 0 Å². The van der Waals surface area contributed by atoms with Gasteiger partial charge in [0, 0.05) is 6.61 Å². The first-order valence-electron chi connectivity index (χ1n) is 8.03. The van der Waals surface area contributed by atoms with Gasteiger partial charge in [-0.15, -0.1) is 0 Å². The van der Waals surface area contributed by atoms with Gasteiger partial charge in [0.2, 0.25) is 0 Å². The summed E-state index contributed by atoms with van der Waals surface area (Å²) in [6, 6.07) is 0. The monoisotopic (exact) mass is 295 g/mol. The maximum absolute atomic E-state index is 6.34. The molecule has 0 bridgehead atoms. The third kappa shape index (κ3) is 3.44. The third-order valence-corrected chi connectivity index (χ3v) is 4.54. The lowest BCUT2D eigenvalue weighted by Crippen LogP contribution is -2.34. The lowest BCUT2D eigenvalue weighted by atomic mass is 9.99. The molecule has 118 valence electrons. The highest BCUT2D eigenvalue weighted by Crippen LogP contribution is 2.35. The van der Waals surface area contributed by atoms with Crippen molar-refractivity contribution in [1.82, 2.24) is 10.1 Å². The SMILES string of the molecule is CC(OCC1CCCCO1)c1nc(C2(N)CCCC2)no1. The molecule has 1 saturated heterocycles. The van der Waals surface area contributed by atoms with Gasteiger partial charge in [0.05, 0.1) is 18.2 Å². The second kappa shape index (κ2) is 6.42. The van der Waals surface area contributed by atoms with Crippen LogP contribution in [0.15, 0.2) is 4.52 Å². The van der Waals surface area contributed by atoms with Crippen molar-refractivity contribution in [3.8, 4) is 0 Å². The highest BCUT2D eigenvalue weighted by Gasteiger charge is 2.36. The number of rotatable bonds is 5. The maximum Gasteiger partial charge on any atom is 0.255 e. The zero-order valence-corrected chi connectivity index (χ0v) is 12.7. The van der Waals surface area contributed by atoms with E-state index in [2.05, 4.69) is 10.1 Å². The first kappa shape index (κ1) is 14.9. The van der Waals surface area contributed by atoms with Crippen molar-refractivity contribution in [2.45, 2.75) is 69.6 Å². The molecular formula is C15H25N3O3. The van der Waals surface area contributed by atoms with Crippen LogP contribution < -0.4 is 5.73 Å². The van der Waals surface area contributed by atoms with Gasteiger partial charge in [0.25, 0.3) is 5.89 Å². The summed E-state index contributed by atoms with van der Waals surface area (Å²) < 4.78 is 16.8. The molecule has 2 atom stereocenters. The summed E-state index contributed by atoms with van der Waals surface area (Å²) >= 11 is 0. The standard InChI is InChI=1S/C15H25N3O3/c1-11(20-10-12-6-2-5-9-19-12)13-17-14(18-21-13)15(16)7-3-4-8-15/h11-12H,2-10,16H2,1H3. The minimum Gasteiger partial charge on any atom is -0.376 e. The van der Waals surface area contributed by atoms with Crippen molar-refractivity contribution in [3.63, 3.8) is 0 Å². The maximum atomic E-state index is 6.34. The number of ether oxygens (including phenoxy) is 2. The number of hydrogen-bond acceptors (Lipinski definition) is 6. The van der Waals surface area contributed by atoms with Crippen LogP contribution >= 0.6 is 0 Å². The van der Waals surface area contributed by atoms with E-state index in [1.54, 1.807) is 0 Å². The van der Waals surface area contributed by atoms with Gasteiger partial charge < -0.3 is 19.7 Å². The molecule has 0 aromatic carbocycles. The van der Waals surface area contributed by atoms with Gasteiger partial charge >= 0.3 is 0 Å². The topological polar surface area (TPSA) is 83.4 Å². The van der Waals surface area contributed by atoms with Gasteiger partial charge in [0.1, 0.15) is 6.10 Å². The van der Waals surface area contributed by atoms with E-state index >= 15 is 0 Å². The van der Waals surface area contributed by atoms with Crippen molar-refractivity contribution in [2.75, 3.05) is 13.2 Å². The summed E-state index contributed by atoms with van der Waals surface area (Å²) in [6.45, 7) is 3.34. The van der Waals surface area contributed by atoms with Gasteiger partial charge in [-0.25, -0.2) is 0 Å². The molecule has 0 spiro atoms. The normalized spacial score (nSPS) is 26.9. The van der Waals surface area contributed by atoms with E-state index in [1.165, 1.54) is 6.42 Å². The number of aromatic nitrogens is 2. The first-order valence-corrected chi connectivity index (χ1v) is 8.03. The van der Waals surface area contributed by atoms with Gasteiger partial charge in [-0.2, -0.15) is 4.98 Å². The Labute approximate surface area is 125 Å². The van der Waals surface area contributed by atoms with Crippen molar-refractivity contribution in [1.29, 1.82) is 0 Å². The number of nitrogens with two attached hydrogens (primary N) is 1. The highest BCUT2D eigenvalue weighted by molar-refractivity contribution is 5.07. The minimum absolute atomic E-state index is 0.194. The Hall–Kier alpha value is -0.980. The quantitative estimate of drug-likeness (QED) is 0.898. The Morgan fingerprint density at radius 3 is 2.86 bits per heavy atom. The van der Waals surface area contributed by atoms with E-state index in [-0.39, 0.29) is 12.2 Å². The zero-order chi connectivity index (χ0) is 14.7. The molecule has 1 saturated carbocycles. The smallest absolute Gasteiger partial charge is 0.255 e. The molecule has 2 fully saturated rings. The predicted molar refractivity (Wildman–Crippen MR) is 76.6 cm³/mol. The second-order valence-electron chi connectivity index (χ2n) is 6.28. The third-order valence-electron chi connectivity index (χ3n) is 4.54. The molecule has 1 aromatic rings. The lowest BCUT2D eigenvalue weighted by Gasteiger charge is -2.23. The average Bonchev–Trinajstić information content (AvgIpc) is 3.16. The van der Waals surface area contributed by atoms with E-state index < -0.39 is 5.54 Å². The van der Waals surface area contributed by atoms with Gasteiger partial charge in [-0.05, 0) is 39.0 Å². The van der Waals surface area contributed by atoms with E-state index in [9.17, 15) is 0 Å². The van der Waals surface area contributed by atoms with E-state index in [0.29, 0.717) is 18.3 Å². The fourth-order valence-electron chi connectivity index (χ4n) is 3.09. The van der Waals surface area contributed by atoms with Crippen molar-refractivity contribution < 1.29 is 14.0 Å². The minimum atomic E-state index is -0.409. The van der Waals surface area contributed by atoms with Crippen LogP contribution in [0.2, 0.25) is 0 Å². The molecule has 1 aromatic heterocycles. The molecule has 6 nitrogen and oxygen atoms in total. The zero-order valence-electron chi connectivity index (χ0n) is 12.7. The van der Waals surface area contributed by atoms with E-state index in [0.717, 1.165) is 45.1 Å². The predicted octanol–water partition coefficient (Wildman–Crippen LogP) is 2.44. The molecule has 2 N–H and O–H groups in total.